The molecule has 0 radical (unpaired) electrons. The molecule has 5 nitrogen and oxygen atoms in total. The van der Waals surface area contributed by atoms with Gasteiger partial charge in [0.05, 0.1) is 5.69 Å². The average molecular weight is 382 g/mol. The number of aromatic nitrogens is 3. The zero-order valence-electron chi connectivity index (χ0n) is 16.7. The third kappa shape index (κ3) is 3.80. The van der Waals surface area contributed by atoms with E-state index in [1.54, 1.807) is 4.68 Å². The minimum absolute atomic E-state index is 0.132. The van der Waals surface area contributed by atoms with Crippen molar-refractivity contribution in [2.45, 2.75) is 20.8 Å². The number of nitrogens with one attached hydrogen (secondary N) is 1. The molecule has 1 amide bonds. The summed E-state index contributed by atoms with van der Waals surface area (Å²) in [6, 6.07) is 23.6. The molecule has 29 heavy (non-hydrogen) atoms. The maximum Gasteiger partial charge on any atom is 0.295 e. The van der Waals surface area contributed by atoms with E-state index in [4.69, 9.17) is 0 Å². The first kappa shape index (κ1) is 18.6. The van der Waals surface area contributed by atoms with Crippen molar-refractivity contribution in [3.63, 3.8) is 0 Å². The van der Waals surface area contributed by atoms with Gasteiger partial charge in [0.2, 0.25) is 5.82 Å². The minimum atomic E-state index is -0.333. The topological polar surface area (TPSA) is 59.8 Å². The Morgan fingerprint density at radius 2 is 1.48 bits per heavy atom. The van der Waals surface area contributed by atoms with Crippen LogP contribution in [0.25, 0.3) is 17.1 Å². The van der Waals surface area contributed by atoms with Crippen LogP contribution in [-0.4, -0.2) is 20.7 Å². The monoisotopic (exact) mass is 382 g/mol. The Bertz CT molecular complexity index is 1180. The largest absolute Gasteiger partial charge is 0.319 e. The van der Waals surface area contributed by atoms with Crippen LogP contribution in [0.4, 0.5) is 5.69 Å². The second-order valence-electron chi connectivity index (χ2n) is 7.09. The number of anilines is 1. The Morgan fingerprint density at radius 1 is 0.828 bits per heavy atom. The molecule has 0 aliphatic rings. The van der Waals surface area contributed by atoms with E-state index in [1.165, 1.54) is 0 Å². The van der Waals surface area contributed by atoms with E-state index in [1.807, 2.05) is 93.6 Å². The summed E-state index contributed by atoms with van der Waals surface area (Å²) in [5, 5.41) is 7.48. The van der Waals surface area contributed by atoms with Crippen LogP contribution in [0.15, 0.2) is 72.8 Å². The number of benzene rings is 3. The molecule has 0 aliphatic carbocycles. The highest BCUT2D eigenvalue weighted by molar-refractivity contribution is 6.02. The summed E-state index contributed by atoms with van der Waals surface area (Å²) >= 11 is 0. The van der Waals surface area contributed by atoms with Gasteiger partial charge < -0.3 is 5.32 Å². The quantitative estimate of drug-likeness (QED) is 0.533. The number of para-hydroxylation sites is 2. The maximum absolute atomic E-state index is 12.9. The van der Waals surface area contributed by atoms with Crippen LogP contribution in [0.2, 0.25) is 0 Å². The third-order valence-electron chi connectivity index (χ3n) is 4.86. The van der Waals surface area contributed by atoms with Crippen LogP contribution in [0.3, 0.4) is 0 Å². The van der Waals surface area contributed by atoms with Crippen LogP contribution in [0.1, 0.15) is 27.3 Å². The number of carbonyl (C=O) groups is 1. The van der Waals surface area contributed by atoms with Gasteiger partial charge in [-0.3, -0.25) is 4.79 Å². The number of hydrogen-bond acceptors (Lipinski definition) is 3. The zero-order chi connectivity index (χ0) is 20.4. The molecule has 0 fully saturated rings. The first-order valence-corrected chi connectivity index (χ1v) is 9.50. The maximum atomic E-state index is 12.9. The second kappa shape index (κ2) is 7.72. The van der Waals surface area contributed by atoms with E-state index in [9.17, 15) is 4.79 Å². The van der Waals surface area contributed by atoms with Crippen molar-refractivity contribution >= 4 is 11.6 Å². The molecule has 0 aliphatic heterocycles. The first-order valence-electron chi connectivity index (χ1n) is 9.50. The summed E-state index contributed by atoms with van der Waals surface area (Å²) < 4.78 is 1.74. The van der Waals surface area contributed by atoms with E-state index in [2.05, 4.69) is 15.4 Å². The molecule has 4 rings (SSSR count). The van der Waals surface area contributed by atoms with Crippen molar-refractivity contribution in [3.8, 4) is 17.1 Å². The van der Waals surface area contributed by atoms with Crippen molar-refractivity contribution in [2.24, 2.45) is 0 Å². The molecule has 144 valence electrons. The van der Waals surface area contributed by atoms with Gasteiger partial charge in [-0.25, -0.2) is 9.67 Å². The standard InChI is InChI=1S/C24H22N4O/c1-16-12-14-19(15-13-16)23-26-22(24(29)25-20-10-6-4-8-17(20)2)27-28(23)21-11-7-5-9-18(21)3/h4-15H,1-3H3,(H,25,29). The van der Waals surface area contributed by atoms with Crippen LogP contribution in [-0.2, 0) is 0 Å². The molecule has 0 unspecified atom stereocenters. The van der Waals surface area contributed by atoms with E-state index in [0.29, 0.717) is 5.82 Å². The molecule has 0 atom stereocenters. The average Bonchev–Trinajstić information content (AvgIpc) is 3.16. The second-order valence-corrected chi connectivity index (χ2v) is 7.09. The van der Waals surface area contributed by atoms with Crippen LogP contribution in [0.5, 0.6) is 0 Å². The highest BCUT2D eigenvalue weighted by Gasteiger charge is 2.20. The molecular weight excluding hydrogens is 360 g/mol. The van der Waals surface area contributed by atoms with Crippen molar-refractivity contribution in [1.82, 2.24) is 14.8 Å². The first-order chi connectivity index (χ1) is 14.0. The Balaban J connectivity index is 1.79. The molecule has 0 spiro atoms. The van der Waals surface area contributed by atoms with Crippen LogP contribution in [0, 0.1) is 20.8 Å². The van der Waals surface area contributed by atoms with Gasteiger partial charge in [-0.05, 0) is 44.0 Å². The molecule has 1 heterocycles. The van der Waals surface area contributed by atoms with Gasteiger partial charge in [0.25, 0.3) is 5.91 Å². The fraction of sp³-hybridized carbons (Fsp3) is 0.125. The van der Waals surface area contributed by atoms with Crippen LogP contribution < -0.4 is 5.32 Å². The molecule has 4 aromatic rings. The Kier molecular flexibility index (Phi) is 4.96. The third-order valence-corrected chi connectivity index (χ3v) is 4.86. The van der Waals surface area contributed by atoms with E-state index >= 15 is 0 Å². The highest BCUT2D eigenvalue weighted by atomic mass is 16.2. The number of rotatable bonds is 4. The predicted octanol–water partition coefficient (Wildman–Crippen LogP) is 5.11. The van der Waals surface area contributed by atoms with E-state index in [-0.39, 0.29) is 11.7 Å². The number of carbonyl (C=O) groups excluding carboxylic acids is 1. The molecule has 0 saturated carbocycles. The van der Waals surface area contributed by atoms with Crippen molar-refractivity contribution in [2.75, 3.05) is 5.32 Å². The summed E-state index contributed by atoms with van der Waals surface area (Å²) in [4.78, 5) is 17.5. The molecule has 0 saturated heterocycles. The Hall–Kier alpha value is -3.73. The zero-order valence-corrected chi connectivity index (χ0v) is 16.7. The van der Waals surface area contributed by atoms with Gasteiger partial charge in [0.1, 0.15) is 0 Å². The fourth-order valence-corrected chi connectivity index (χ4v) is 3.16. The normalized spacial score (nSPS) is 10.7. The van der Waals surface area contributed by atoms with E-state index in [0.717, 1.165) is 33.6 Å². The molecular formula is C24H22N4O. The smallest absolute Gasteiger partial charge is 0.295 e. The highest BCUT2D eigenvalue weighted by Crippen LogP contribution is 2.24. The summed E-state index contributed by atoms with van der Waals surface area (Å²) in [6.07, 6.45) is 0. The molecule has 1 N–H and O–H groups in total. The molecule has 1 aromatic heterocycles. The van der Waals surface area contributed by atoms with Crippen molar-refractivity contribution in [3.05, 3.63) is 95.3 Å². The SMILES string of the molecule is Cc1ccc(-c2nc(C(=O)Nc3ccccc3C)nn2-c2ccccc2C)cc1. The minimum Gasteiger partial charge on any atom is -0.319 e. The Morgan fingerprint density at radius 3 is 2.17 bits per heavy atom. The predicted molar refractivity (Wildman–Crippen MR) is 115 cm³/mol. The lowest BCUT2D eigenvalue weighted by Gasteiger charge is -2.09. The summed E-state index contributed by atoms with van der Waals surface area (Å²) in [5.41, 5.74) is 5.75. The van der Waals surface area contributed by atoms with Gasteiger partial charge in [-0.15, -0.1) is 5.10 Å². The van der Waals surface area contributed by atoms with Crippen LogP contribution >= 0.6 is 0 Å². The van der Waals surface area contributed by atoms with Crippen molar-refractivity contribution < 1.29 is 4.79 Å². The Labute approximate surface area is 170 Å². The lowest BCUT2D eigenvalue weighted by atomic mass is 10.1. The molecule has 0 bridgehead atoms. The number of hydrogen-bond donors (Lipinski definition) is 1. The van der Waals surface area contributed by atoms with Gasteiger partial charge in [0, 0.05) is 11.3 Å². The molecule has 5 heteroatoms. The van der Waals surface area contributed by atoms with Crippen molar-refractivity contribution in [1.29, 1.82) is 0 Å². The number of nitrogens with zero attached hydrogens (tertiary/aromatic N) is 3. The van der Waals surface area contributed by atoms with Gasteiger partial charge in [-0.2, -0.15) is 0 Å². The lowest BCUT2D eigenvalue weighted by Crippen LogP contribution is -2.15. The lowest BCUT2D eigenvalue weighted by molar-refractivity contribution is 0.101. The van der Waals surface area contributed by atoms with Gasteiger partial charge >= 0.3 is 0 Å². The van der Waals surface area contributed by atoms with Gasteiger partial charge in [0.15, 0.2) is 5.82 Å². The molecule has 3 aromatic carbocycles. The van der Waals surface area contributed by atoms with E-state index < -0.39 is 0 Å². The summed E-state index contributed by atoms with van der Waals surface area (Å²) in [6.45, 7) is 6.01. The van der Waals surface area contributed by atoms with Gasteiger partial charge in [-0.1, -0.05) is 66.2 Å². The summed E-state index contributed by atoms with van der Waals surface area (Å²) in [5.74, 6) is 0.432. The number of aryl methyl sites for hydroxylation is 3. The summed E-state index contributed by atoms with van der Waals surface area (Å²) in [7, 11) is 0. The number of amides is 1. The fourth-order valence-electron chi connectivity index (χ4n) is 3.16.